The zero-order valence-corrected chi connectivity index (χ0v) is 19.4. The van der Waals surface area contributed by atoms with Gasteiger partial charge in [0, 0.05) is 59.3 Å². The average molecular weight is 500 g/mol. The number of rotatable bonds is 11. The summed E-state index contributed by atoms with van der Waals surface area (Å²) in [5.74, 6) is 0.814. The van der Waals surface area contributed by atoms with Gasteiger partial charge in [-0.25, -0.2) is 0 Å². The lowest BCUT2D eigenvalue weighted by Gasteiger charge is -2.18. The zero-order valence-electron chi connectivity index (χ0n) is 17.1. The van der Waals surface area contributed by atoms with E-state index in [-0.39, 0.29) is 24.0 Å². The molecule has 7 nitrogen and oxygen atoms in total. The van der Waals surface area contributed by atoms with Gasteiger partial charge in [0.1, 0.15) is 0 Å². The molecule has 0 bridgehead atoms. The van der Waals surface area contributed by atoms with E-state index in [1.54, 1.807) is 20.4 Å². The molecule has 156 valence electrons. The van der Waals surface area contributed by atoms with Crippen LogP contribution >= 0.6 is 24.0 Å². The smallest absolute Gasteiger partial charge is 0.191 e. The van der Waals surface area contributed by atoms with Crippen LogP contribution in [-0.4, -0.2) is 68.1 Å². The summed E-state index contributed by atoms with van der Waals surface area (Å²) in [7, 11) is 5.66. The average Bonchev–Trinajstić information content (AvgIpc) is 3.19. The van der Waals surface area contributed by atoms with Crippen LogP contribution < -0.4 is 10.6 Å². The molecule has 0 amide bonds. The third kappa shape index (κ3) is 9.03. The SMILES string of the molecule is CN=C(NCCN(C)CCCOC)NCc1ccccc1Cn1cccn1.I. The van der Waals surface area contributed by atoms with Gasteiger partial charge in [0.25, 0.3) is 0 Å². The van der Waals surface area contributed by atoms with Gasteiger partial charge in [0.2, 0.25) is 0 Å². The van der Waals surface area contributed by atoms with Crippen molar-refractivity contribution in [3.8, 4) is 0 Å². The van der Waals surface area contributed by atoms with Gasteiger partial charge in [-0.3, -0.25) is 9.67 Å². The molecule has 1 aromatic heterocycles. The van der Waals surface area contributed by atoms with E-state index in [4.69, 9.17) is 4.74 Å². The summed E-state index contributed by atoms with van der Waals surface area (Å²) in [6, 6.07) is 10.4. The molecule has 2 rings (SSSR count). The minimum Gasteiger partial charge on any atom is -0.385 e. The van der Waals surface area contributed by atoms with E-state index in [1.165, 1.54) is 11.1 Å². The van der Waals surface area contributed by atoms with Crippen molar-refractivity contribution in [1.29, 1.82) is 0 Å². The number of likely N-dealkylation sites (N-methyl/N-ethyl adjacent to an activating group) is 1. The Morgan fingerprint density at radius 3 is 2.64 bits per heavy atom. The lowest BCUT2D eigenvalue weighted by molar-refractivity contribution is 0.180. The minimum absolute atomic E-state index is 0. The van der Waals surface area contributed by atoms with Crippen LogP contribution in [0.4, 0.5) is 0 Å². The molecule has 0 spiro atoms. The molecule has 0 saturated carbocycles. The Morgan fingerprint density at radius 1 is 1.18 bits per heavy atom. The Balaban J connectivity index is 0.00000392. The van der Waals surface area contributed by atoms with Gasteiger partial charge >= 0.3 is 0 Å². The standard InChI is InChI=1S/C20H32N6O.HI/c1-21-20(22-11-14-25(2)12-7-15-27-3)23-16-18-8-4-5-9-19(18)17-26-13-6-10-24-26;/h4-6,8-10,13H,7,11-12,14-17H2,1-3H3,(H2,21,22,23);1H. The number of hydrogen-bond acceptors (Lipinski definition) is 4. The Labute approximate surface area is 185 Å². The van der Waals surface area contributed by atoms with Crippen LogP contribution in [0, 0.1) is 0 Å². The minimum atomic E-state index is 0. The fraction of sp³-hybridized carbons (Fsp3) is 0.500. The predicted octanol–water partition coefficient (Wildman–Crippen LogP) is 2.18. The molecular formula is C20H33IN6O. The Morgan fingerprint density at radius 2 is 1.96 bits per heavy atom. The van der Waals surface area contributed by atoms with Crippen molar-refractivity contribution in [2.75, 3.05) is 47.4 Å². The number of ether oxygens (including phenoxy) is 1. The van der Waals surface area contributed by atoms with Crippen LogP contribution in [0.2, 0.25) is 0 Å². The maximum atomic E-state index is 5.09. The number of hydrogen-bond donors (Lipinski definition) is 2. The van der Waals surface area contributed by atoms with Gasteiger partial charge in [-0.2, -0.15) is 5.10 Å². The fourth-order valence-electron chi connectivity index (χ4n) is 2.81. The number of nitrogens with one attached hydrogen (secondary N) is 2. The molecule has 0 aliphatic carbocycles. The molecule has 0 aliphatic heterocycles. The lowest BCUT2D eigenvalue weighted by Crippen LogP contribution is -2.40. The molecule has 0 unspecified atom stereocenters. The van der Waals surface area contributed by atoms with E-state index in [1.807, 2.05) is 16.9 Å². The first kappa shape index (κ1) is 24.4. The fourth-order valence-corrected chi connectivity index (χ4v) is 2.81. The summed E-state index contributed by atoms with van der Waals surface area (Å²) in [4.78, 5) is 6.61. The number of nitrogens with zero attached hydrogens (tertiary/aromatic N) is 4. The maximum Gasteiger partial charge on any atom is 0.191 e. The van der Waals surface area contributed by atoms with E-state index >= 15 is 0 Å². The molecule has 0 atom stereocenters. The highest BCUT2D eigenvalue weighted by molar-refractivity contribution is 14.0. The molecule has 2 N–H and O–H groups in total. The van der Waals surface area contributed by atoms with Gasteiger partial charge in [-0.1, -0.05) is 24.3 Å². The van der Waals surface area contributed by atoms with Crippen molar-refractivity contribution in [2.45, 2.75) is 19.5 Å². The van der Waals surface area contributed by atoms with Gasteiger partial charge in [0.15, 0.2) is 5.96 Å². The number of aliphatic imine (C=N–C) groups is 1. The van der Waals surface area contributed by atoms with Crippen molar-refractivity contribution < 1.29 is 4.74 Å². The molecule has 1 aromatic carbocycles. The second-order valence-corrected chi connectivity index (χ2v) is 6.47. The van der Waals surface area contributed by atoms with Crippen LogP contribution in [0.5, 0.6) is 0 Å². The molecular weight excluding hydrogens is 467 g/mol. The topological polar surface area (TPSA) is 66.7 Å². The normalized spacial score (nSPS) is 11.4. The van der Waals surface area contributed by atoms with Crippen molar-refractivity contribution in [1.82, 2.24) is 25.3 Å². The summed E-state index contributed by atoms with van der Waals surface area (Å²) in [5, 5.41) is 11.1. The molecule has 0 saturated heterocycles. The first-order valence-electron chi connectivity index (χ1n) is 9.39. The highest BCUT2D eigenvalue weighted by Crippen LogP contribution is 2.10. The van der Waals surface area contributed by atoms with Crippen LogP contribution in [-0.2, 0) is 17.8 Å². The second kappa shape index (κ2) is 14.4. The van der Waals surface area contributed by atoms with Crippen molar-refractivity contribution in [2.24, 2.45) is 4.99 Å². The van der Waals surface area contributed by atoms with E-state index < -0.39 is 0 Å². The number of methoxy groups -OCH3 is 1. The lowest BCUT2D eigenvalue weighted by atomic mass is 10.1. The number of aromatic nitrogens is 2. The third-order valence-corrected chi connectivity index (χ3v) is 4.35. The molecule has 28 heavy (non-hydrogen) atoms. The number of halogens is 1. The molecule has 8 heteroatoms. The van der Waals surface area contributed by atoms with Gasteiger partial charge in [-0.05, 0) is 30.7 Å². The summed E-state index contributed by atoms with van der Waals surface area (Å²) < 4.78 is 7.03. The molecule has 0 fully saturated rings. The largest absolute Gasteiger partial charge is 0.385 e. The summed E-state index contributed by atoms with van der Waals surface area (Å²) >= 11 is 0. The van der Waals surface area contributed by atoms with Gasteiger partial charge < -0.3 is 20.3 Å². The van der Waals surface area contributed by atoms with Crippen LogP contribution in [0.1, 0.15) is 17.5 Å². The number of benzene rings is 1. The van der Waals surface area contributed by atoms with E-state index in [0.29, 0.717) is 0 Å². The highest BCUT2D eigenvalue weighted by Gasteiger charge is 2.05. The van der Waals surface area contributed by atoms with Crippen LogP contribution in [0.15, 0.2) is 47.7 Å². The Hall–Kier alpha value is -1.65. The monoisotopic (exact) mass is 500 g/mol. The Bertz CT molecular complexity index is 677. The summed E-state index contributed by atoms with van der Waals surface area (Å²) in [6.45, 7) is 5.13. The maximum absolute atomic E-state index is 5.09. The van der Waals surface area contributed by atoms with Crippen molar-refractivity contribution in [3.63, 3.8) is 0 Å². The Kier molecular flexibility index (Phi) is 12.5. The van der Waals surface area contributed by atoms with Gasteiger partial charge in [0.05, 0.1) is 6.54 Å². The predicted molar refractivity (Wildman–Crippen MR) is 125 cm³/mol. The van der Waals surface area contributed by atoms with Crippen LogP contribution in [0.25, 0.3) is 0 Å². The zero-order chi connectivity index (χ0) is 19.3. The second-order valence-electron chi connectivity index (χ2n) is 6.47. The van der Waals surface area contributed by atoms with E-state index in [9.17, 15) is 0 Å². The summed E-state index contributed by atoms with van der Waals surface area (Å²) in [6.07, 6.45) is 4.83. The first-order valence-corrected chi connectivity index (χ1v) is 9.39. The van der Waals surface area contributed by atoms with Crippen molar-refractivity contribution in [3.05, 3.63) is 53.9 Å². The molecule has 2 aromatic rings. The van der Waals surface area contributed by atoms with Crippen LogP contribution in [0.3, 0.4) is 0 Å². The van der Waals surface area contributed by atoms with Gasteiger partial charge in [-0.15, -0.1) is 24.0 Å². The van der Waals surface area contributed by atoms with E-state index in [2.05, 4.69) is 56.9 Å². The van der Waals surface area contributed by atoms with E-state index in [0.717, 1.165) is 51.7 Å². The number of guanidine groups is 1. The summed E-state index contributed by atoms with van der Waals surface area (Å²) in [5.41, 5.74) is 2.50. The van der Waals surface area contributed by atoms with Crippen molar-refractivity contribution >= 4 is 29.9 Å². The molecule has 0 aliphatic rings. The first-order chi connectivity index (χ1) is 13.2. The molecule has 0 radical (unpaired) electrons. The quantitative estimate of drug-likeness (QED) is 0.214. The third-order valence-electron chi connectivity index (χ3n) is 4.35. The molecule has 1 heterocycles. The highest BCUT2D eigenvalue weighted by atomic mass is 127.